The Morgan fingerprint density at radius 2 is 1.50 bits per heavy atom. The average molecular weight is 584 g/mol. The molecular weight excluding hydrogens is 546 g/mol. The molecule has 9 heteroatoms. The molecule has 0 aliphatic rings. The van der Waals surface area contributed by atoms with Crippen molar-refractivity contribution in [3.63, 3.8) is 0 Å². The summed E-state index contributed by atoms with van der Waals surface area (Å²) in [6.07, 6.45) is 2.08. The molecule has 0 spiro atoms. The molecule has 0 aromatic heterocycles. The van der Waals surface area contributed by atoms with Gasteiger partial charge in [0.2, 0.25) is 21.8 Å². The van der Waals surface area contributed by atoms with Crippen LogP contribution in [0.3, 0.4) is 0 Å². The van der Waals surface area contributed by atoms with Crippen LogP contribution in [-0.2, 0) is 32.6 Å². The maximum atomic E-state index is 14.2. The zero-order chi connectivity index (χ0) is 29.4. The van der Waals surface area contributed by atoms with E-state index in [1.165, 1.54) is 4.90 Å². The molecule has 2 amide bonds. The quantitative estimate of drug-likeness (QED) is 0.314. The third-order valence-corrected chi connectivity index (χ3v) is 8.27. The molecule has 214 valence electrons. The number of rotatable bonds is 12. The van der Waals surface area contributed by atoms with Crippen molar-refractivity contribution in [1.29, 1.82) is 0 Å². The van der Waals surface area contributed by atoms with Crippen LogP contribution in [0.25, 0.3) is 0 Å². The fraction of sp³-hybridized carbons (Fsp3) is 0.355. The topological polar surface area (TPSA) is 86.8 Å². The van der Waals surface area contributed by atoms with Crippen LogP contribution >= 0.6 is 11.6 Å². The van der Waals surface area contributed by atoms with E-state index < -0.39 is 28.5 Å². The first-order valence-electron chi connectivity index (χ1n) is 13.3. The number of anilines is 1. The summed E-state index contributed by atoms with van der Waals surface area (Å²) in [7, 11) is -3.83. The van der Waals surface area contributed by atoms with Crippen molar-refractivity contribution in [2.75, 3.05) is 17.1 Å². The average Bonchev–Trinajstić information content (AvgIpc) is 2.90. The maximum Gasteiger partial charge on any atom is 0.244 e. The highest BCUT2D eigenvalue weighted by Crippen LogP contribution is 2.27. The molecule has 0 radical (unpaired) electrons. The molecule has 0 bridgehead atoms. The van der Waals surface area contributed by atoms with Crippen molar-refractivity contribution in [2.24, 2.45) is 0 Å². The van der Waals surface area contributed by atoms with Crippen LogP contribution in [-0.4, -0.2) is 50.0 Å². The molecule has 40 heavy (non-hydrogen) atoms. The van der Waals surface area contributed by atoms with E-state index in [1.807, 2.05) is 76.2 Å². The number of carbonyl (C=O) groups is 2. The largest absolute Gasteiger partial charge is 0.352 e. The van der Waals surface area contributed by atoms with E-state index in [-0.39, 0.29) is 24.9 Å². The van der Waals surface area contributed by atoms with Crippen molar-refractivity contribution < 1.29 is 18.0 Å². The predicted octanol–water partition coefficient (Wildman–Crippen LogP) is 5.28. The Kier molecular flexibility index (Phi) is 10.8. The lowest BCUT2D eigenvalue weighted by atomic mass is 10.0. The van der Waals surface area contributed by atoms with Gasteiger partial charge in [0.15, 0.2) is 0 Å². The number of halogens is 1. The molecule has 3 aromatic rings. The lowest BCUT2D eigenvalue weighted by Gasteiger charge is -2.34. The van der Waals surface area contributed by atoms with E-state index in [0.717, 1.165) is 39.2 Å². The Labute approximate surface area is 243 Å². The molecule has 0 saturated carbocycles. The summed E-state index contributed by atoms with van der Waals surface area (Å²) >= 11 is 6.10. The molecule has 7 nitrogen and oxygen atoms in total. The Balaban J connectivity index is 2.09. The van der Waals surface area contributed by atoms with Gasteiger partial charge in [-0.15, -0.1) is 0 Å². The summed E-state index contributed by atoms with van der Waals surface area (Å²) in [4.78, 5) is 29.4. The summed E-state index contributed by atoms with van der Waals surface area (Å²) < 4.78 is 27.2. The summed E-state index contributed by atoms with van der Waals surface area (Å²) in [5.74, 6) is -0.776. The van der Waals surface area contributed by atoms with E-state index in [0.29, 0.717) is 10.7 Å². The molecule has 2 atom stereocenters. The molecule has 3 rings (SSSR count). The Morgan fingerprint density at radius 3 is 2.05 bits per heavy atom. The second kappa shape index (κ2) is 13.8. The van der Waals surface area contributed by atoms with Gasteiger partial charge in [-0.05, 0) is 61.6 Å². The van der Waals surface area contributed by atoms with E-state index in [1.54, 1.807) is 24.3 Å². The SMILES string of the molecule is CC[C@@H](C)NC(=O)[C@@H](Cc1ccccc1)N(Cc1ccc(Cl)cc1)C(=O)CN(c1c(C)cccc1C)S(C)(=O)=O. The Morgan fingerprint density at radius 1 is 0.900 bits per heavy atom. The molecule has 0 aliphatic heterocycles. The molecule has 0 heterocycles. The van der Waals surface area contributed by atoms with E-state index >= 15 is 0 Å². The van der Waals surface area contributed by atoms with Gasteiger partial charge in [0.25, 0.3) is 0 Å². The van der Waals surface area contributed by atoms with Crippen LogP contribution in [0.5, 0.6) is 0 Å². The van der Waals surface area contributed by atoms with Gasteiger partial charge in [-0.3, -0.25) is 13.9 Å². The number of sulfonamides is 1. The van der Waals surface area contributed by atoms with Crippen LogP contribution < -0.4 is 9.62 Å². The molecule has 0 fully saturated rings. The van der Waals surface area contributed by atoms with E-state index in [2.05, 4.69) is 5.32 Å². The minimum atomic E-state index is -3.83. The zero-order valence-electron chi connectivity index (χ0n) is 23.7. The predicted molar refractivity (Wildman–Crippen MR) is 162 cm³/mol. The smallest absolute Gasteiger partial charge is 0.244 e. The van der Waals surface area contributed by atoms with Gasteiger partial charge in [0.1, 0.15) is 12.6 Å². The van der Waals surface area contributed by atoms with Crippen molar-refractivity contribution in [3.05, 3.63) is 100 Å². The van der Waals surface area contributed by atoms with Gasteiger partial charge in [-0.25, -0.2) is 8.42 Å². The molecule has 0 saturated heterocycles. The molecule has 0 unspecified atom stereocenters. The number of benzene rings is 3. The standard InChI is InChI=1S/C31H38ClN3O4S/c1-6-24(4)33-31(37)28(19-25-13-8-7-9-14-25)34(20-26-15-17-27(32)18-16-26)29(36)21-35(40(5,38)39)30-22(2)11-10-12-23(30)3/h7-18,24,28H,6,19-21H2,1-5H3,(H,33,37)/t24-,28-/m1/s1. The Hall–Kier alpha value is -3.36. The summed E-state index contributed by atoms with van der Waals surface area (Å²) in [6.45, 7) is 7.17. The lowest BCUT2D eigenvalue weighted by Crippen LogP contribution is -2.54. The summed E-state index contributed by atoms with van der Waals surface area (Å²) in [5.41, 5.74) is 3.59. The van der Waals surface area contributed by atoms with E-state index in [9.17, 15) is 18.0 Å². The summed E-state index contributed by atoms with van der Waals surface area (Å²) in [5, 5.41) is 3.58. The van der Waals surface area contributed by atoms with Gasteiger partial charge < -0.3 is 10.2 Å². The van der Waals surface area contributed by atoms with Crippen LogP contribution in [0.15, 0.2) is 72.8 Å². The molecular formula is C31H38ClN3O4S. The number of para-hydroxylation sites is 1. The number of nitrogens with zero attached hydrogens (tertiary/aromatic N) is 2. The monoisotopic (exact) mass is 583 g/mol. The number of amides is 2. The van der Waals surface area contributed by atoms with Crippen molar-refractivity contribution in [3.8, 4) is 0 Å². The minimum Gasteiger partial charge on any atom is -0.352 e. The third-order valence-electron chi connectivity index (χ3n) is 6.91. The zero-order valence-corrected chi connectivity index (χ0v) is 25.3. The fourth-order valence-electron chi connectivity index (χ4n) is 4.56. The minimum absolute atomic E-state index is 0.0969. The first kappa shape index (κ1) is 31.2. The van der Waals surface area contributed by atoms with Gasteiger partial charge >= 0.3 is 0 Å². The second-order valence-electron chi connectivity index (χ2n) is 10.2. The summed E-state index contributed by atoms with van der Waals surface area (Å²) in [6, 6.07) is 21.0. The Bertz CT molecular complexity index is 1390. The first-order chi connectivity index (χ1) is 18.9. The van der Waals surface area contributed by atoms with Crippen LogP contribution in [0.2, 0.25) is 5.02 Å². The third kappa shape index (κ3) is 8.32. The molecule has 0 aliphatic carbocycles. The van der Waals surface area contributed by atoms with Crippen LogP contribution in [0.1, 0.15) is 42.5 Å². The van der Waals surface area contributed by atoms with Gasteiger partial charge in [0, 0.05) is 24.0 Å². The highest BCUT2D eigenvalue weighted by atomic mass is 35.5. The first-order valence-corrected chi connectivity index (χ1v) is 15.6. The number of aryl methyl sites for hydroxylation is 2. The number of nitrogens with one attached hydrogen (secondary N) is 1. The van der Waals surface area contributed by atoms with Crippen molar-refractivity contribution in [1.82, 2.24) is 10.2 Å². The molecule has 3 aromatic carbocycles. The lowest BCUT2D eigenvalue weighted by molar-refractivity contribution is -0.140. The molecule has 1 N–H and O–H groups in total. The highest BCUT2D eigenvalue weighted by molar-refractivity contribution is 7.92. The number of hydrogen-bond donors (Lipinski definition) is 1. The number of hydrogen-bond acceptors (Lipinski definition) is 4. The van der Waals surface area contributed by atoms with Gasteiger partial charge in [0.05, 0.1) is 11.9 Å². The normalized spacial score (nSPS) is 12.8. The second-order valence-corrected chi connectivity index (χ2v) is 12.5. The van der Waals surface area contributed by atoms with Crippen LogP contribution in [0, 0.1) is 13.8 Å². The van der Waals surface area contributed by atoms with Crippen molar-refractivity contribution in [2.45, 2.75) is 59.2 Å². The van der Waals surface area contributed by atoms with E-state index in [4.69, 9.17) is 11.6 Å². The highest BCUT2D eigenvalue weighted by Gasteiger charge is 2.34. The van der Waals surface area contributed by atoms with Crippen LogP contribution in [0.4, 0.5) is 5.69 Å². The van der Waals surface area contributed by atoms with Crippen molar-refractivity contribution >= 4 is 39.1 Å². The number of carbonyl (C=O) groups excluding carboxylic acids is 2. The van der Waals surface area contributed by atoms with Gasteiger partial charge in [-0.2, -0.15) is 0 Å². The van der Waals surface area contributed by atoms with Gasteiger partial charge in [-0.1, -0.05) is 79.2 Å². The maximum absolute atomic E-state index is 14.2. The fourth-order valence-corrected chi connectivity index (χ4v) is 5.65.